The Morgan fingerprint density at radius 1 is 1.27 bits per heavy atom. The summed E-state index contributed by atoms with van der Waals surface area (Å²) in [7, 11) is 1.66. The van der Waals surface area contributed by atoms with Crippen LogP contribution in [0.25, 0.3) is 0 Å². The van der Waals surface area contributed by atoms with Crippen molar-refractivity contribution in [1.82, 2.24) is 0 Å². The fourth-order valence-electron chi connectivity index (χ4n) is 0.557. The highest BCUT2D eigenvalue weighted by Gasteiger charge is 1.80. The van der Waals surface area contributed by atoms with E-state index < -0.39 is 0 Å². The smallest absolute Gasteiger partial charge is 0.118 e. The summed E-state index contributed by atoms with van der Waals surface area (Å²) in [6.45, 7) is 1.44. The Bertz CT molecular complexity index is 182. The van der Waals surface area contributed by atoms with Gasteiger partial charge in [0.2, 0.25) is 0 Å². The Labute approximate surface area is 66.8 Å². The van der Waals surface area contributed by atoms with Gasteiger partial charge < -0.3 is 9.53 Å². The van der Waals surface area contributed by atoms with E-state index in [1.165, 1.54) is 6.92 Å². The molecule has 60 valence electrons. The van der Waals surface area contributed by atoms with Crippen molar-refractivity contribution in [3.63, 3.8) is 0 Å². The largest absolute Gasteiger partial charge is 0.497 e. The van der Waals surface area contributed by atoms with Crippen molar-refractivity contribution < 1.29 is 9.53 Å². The van der Waals surface area contributed by atoms with Crippen LogP contribution in [-0.2, 0) is 4.79 Å². The van der Waals surface area contributed by atoms with Gasteiger partial charge in [0, 0.05) is 0 Å². The molecule has 1 aromatic carbocycles. The number of carbonyl (C=O) groups excluding carboxylic acids is 1. The molecule has 0 bridgehead atoms. The molecule has 0 fully saturated rings. The molecule has 0 atom stereocenters. The zero-order valence-electron chi connectivity index (χ0n) is 6.78. The van der Waals surface area contributed by atoms with Crippen molar-refractivity contribution in [3.8, 4) is 5.75 Å². The van der Waals surface area contributed by atoms with E-state index >= 15 is 0 Å². The van der Waals surface area contributed by atoms with Gasteiger partial charge in [-0.15, -0.1) is 0 Å². The van der Waals surface area contributed by atoms with Crippen LogP contribution in [-0.4, -0.2) is 13.4 Å². The lowest BCUT2D eigenvalue weighted by molar-refractivity contribution is -0.106. The fraction of sp³-hybridized carbons (Fsp3) is 0.222. The van der Waals surface area contributed by atoms with Crippen LogP contribution < -0.4 is 4.74 Å². The van der Waals surface area contributed by atoms with Crippen LogP contribution in [0.15, 0.2) is 30.3 Å². The van der Waals surface area contributed by atoms with Gasteiger partial charge in [-0.1, -0.05) is 18.2 Å². The average Bonchev–Trinajstić information content (AvgIpc) is 2.08. The molecule has 0 saturated carbocycles. The summed E-state index contributed by atoms with van der Waals surface area (Å²) in [5, 5.41) is 0. The number of hydrogen-bond donors (Lipinski definition) is 0. The lowest BCUT2D eigenvalue weighted by Gasteiger charge is -1.93. The van der Waals surface area contributed by atoms with E-state index in [9.17, 15) is 0 Å². The Morgan fingerprint density at radius 2 is 1.73 bits per heavy atom. The Morgan fingerprint density at radius 3 is 2.00 bits per heavy atom. The summed E-state index contributed by atoms with van der Waals surface area (Å²) < 4.78 is 4.91. The summed E-state index contributed by atoms with van der Waals surface area (Å²) in [5.74, 6) is 0.910. The van der Waals surface area contributed by atoms with Gasteiger partial charge >= 0.3 is 0 Å². The molecular weight excluding hydrogens is 140 g/mol. The number of para-hydroxylation sites is 1. The molecule has 1 rings (SSSR count). The Kier molecular flexibility index (Phi) is 5.99. The molecule has 2 nitrogen and oxygen atoms in total. The van der Waals surface area contributed by atoms with E-state index in [-0.39, 0.29) is 0 Å². The molecule has 1 aromatic rings. The molecular formula is C9H12O2. The lowest BCUT2D eigenvalue weighted by atomic mass is 10.3. The Hall–Kier alpha value is -1.31. The highest BCUT2D eigenvalue weighted by molar-refractivity contribution is 5.44. The third kappa shape index (κ3) is 5.15. The van der Waals surface area contributed by atoms with Gasteiger partial charge in [0.15, 0.2) is 0 Å². The number of aldehydes is 1. The fourth-order valence-corrected chi connectivity index (χ4v) is 0.557. The molecule has 0 aromatic heterocycles. The van der Waals surface area contributed by atoms with Gasteiger partial charge in [0.05, 0.1) is 7.11 Å². The minimum absolute atomic E-state index is 0.750. The van der Waals surface area contributed by atoms with Crippen molar-refractivity contribution >= 4 is 6.29 Å². The van der Waals surface area contributed by atoms with Gasteiger partial charge in [0.1, 0.15) is 12.0 Å². The van der Waals surface area contributed by atoms with Crippen molar-refractivity contribution in [2.45, 2.75) is 6.92 Å². The predicted octanol–water partition coefficient (Wildman–Crippen LogP) is 1.90. The number of hydrogen-bond acceptors (Lipinski definition) is 2. The molecule has 0 heterocycles. The predicted molar refractivity (Wildman–Crippen MR) is 44.7 cm³/mol. The second kappa shape index (κ2) is 6.81. The van der Waals surface area contributed by atoms with Crippen molar-refractivity contribution in [1.29, 1.82) is 0 Å². The highest BCUT2D eigenvalue weighted by atomic mass is 16.5. The van der Waals surface area contributed by atoms with Gasteiger partial charge in [-0.2, -0.15) is 0 Å². The summed E-state index contributed by atoms with van der Waals surface area (Å²) in [6.07, 6.45) is 0.750. The van der Waals surface area contributed by atoms with Gasteiger partial charge in [-0.25, -0.2) is 0 Å². The van der Waals surface area contributed by atoms with Crippen LogP contribution in [0.2, 0.25) is 0 Å². The molecule has 0 aliphatic carbocycles. The van der Waals surface area contributed by atoms with E-state index in [0.717, 1.165) is 12.0 Å². The van der Waals surface area contributed by atoms with Crippen LogP contribution in [0.4, 0.5) is 0 Å². The van der Waals surface area contributed by atoms with Gasteiger partial charge in [-0.3, -0.25) is 0 Å². The third-order valence-corrected chi connectivity index (χ3v) is 0.979. The number of methoxy groups -OCH3 is 1. The van der Waals surface area contributed by atoms with Crippen LogP contribution in [0.3, 0.4) is 0 Å². The number of benzene rings is 1. The third-order valence-electron chi connectivity index (χ3n) is 0.979. The van der Waals surface area contributed by atoms with Gasteiger partial charge in [-0.05, 0) is 19.1 Å². The first-order chi connectivity index (χ1) is 5.35. The highest BCUT2D eigenvalue weighted by Crippen LogP contribution is 2.05. The minimum atomic E-state index is 0.750. The molecule has 2 heteroatoms. The maximum atomic E-state index is 8.81. The number of carbonyl (C=O) groups is 1. The maximum Gasteiger partial charge on any atom is 0.118 e. The van der Waals surface area contributed by atoms with E-state index in [0.29, 0.717) is 0 Å². The van der Waals surface area contributed by atoms with Crippen LogP contribution >= 0.6 is 0 Å². The van der Waals surface area contributed by atoms with Crippen LogP contribution in [0.1, 0.15) is 6.92 Å². The van der Waals surface area contributed by atoms with Crippen molar-refractivity contribution in [2.24, 2.45) is 0 Å². The quantitative estimate of drug-likeness (QED) is 0.574. The summed E-state index contributed by atoms with van der Waals surface area (Å²) in [4.78, 5) is 8.81. The molecule has 0 N–H and O–H groups in total. The lowest BCUT2D eigenvalue weighted by Crippen LogP contribution is -1.78. The van der Waals surface area contributed by atoms with Crippen molar-refractivity contribution in [3.05, 3.63) is 30.3 Å². The standard InChI is InChI=1S/C7H8O.C2H4O/c1-8-7-5-3-2-4-6-7;1-2-3/h2-6H,1H3;2H,1H3. The first-order valence-electron chi connectivity index (χ1n) is 3.34. The summed E-state index contributed by atoms with van der Waals surface area (Å²) in [6, 6.07) is 9.68. The molecule has 11 heavy (non-hydrogen) atoms. The van der Waals surface area contributed by atoms with E-state index in [1.54, 1.807) is 7.11 Å². The van der Waals surface area contributed by atoms with E-state index in [4.69, 9.17) is 9.53 Å². The first-order valence-corrected chi connectivity index (χ1v) is 3.34. The molecule has 0 aliphatic rings. The van der Waals surface area contributed by atoms with Gasteiger partial charge in [0.25, 0.3) is 0 Å². The summed E-state index contributed by atoms with van der Waals surface area (Å²) in [5.41, 5.74) is 0. The zero-order valence-corrected chi connectivity index (χ0v) is 6.78. The van der Waals surface area contributed by atoms with Crippen LogP contribution in [0.5, 0.6) is 5.75 Å². The monoisotopic (exact) mass is 152 g/mol. The number of rotatable bonds is 1. The van der Waals surface area contributed by atoms with Crippen LogP contribution in [0, 0.1) is 0 Å². The Balaban J connectivity index is 0.000000292. The second-order valence-corrected chi connectivity index (χ2v) is 1.75. The zero-order chi connectivity index (χ0) is 8.53. The number of ether oxygens (including phenoxy) is 1. The SMILES string of the molecule is CC=O.COc1ccccc1. The average molecular weight is 152 g/mol. The minimum Gasteiger partial charge on any atom is -0.497 e. The van der Waals surface area contributed by atoms with E-state index in [2.05, 4.69) is 0 Å². The topological polar surface area (TPSA) is 26.3 Å². The molecule has 0 radical (unpaired) electrons. The molecule has 0 saturated heterocycles. The molecule has 0 amide bonds. The van der Waals surface area contributed by atoms with E-state index in [1.807, 2.05) is 30.3 Å². The summed E-state index contributed by atoms with van der Waals surface area (Å²) >= 11 is 0. The first kappa shape index (κ1) is 9.69. The molecule has 0 spiro atoms. The normalized spacial score (nSPS) is 7.45. The second-order valence-electron chi connectivity index (χ2n) is 1.75. The molecule has 0 unspecified atom stereocenters. The maximum absolute atomic E-state index is 8.81. The van der Waals surface area contributed by atoms with Crippen molar-refractivity contribution in [2.75, 3.05) is 7.11 Å². The molecule has 0 aliphatic heterocycles.